The highest BCUT2D eigenvalue weighted by molar-refractivity contribution is 5.90. The molecular weight excluding hydrogens is 328 g/mol. The van der Waals surface area contributed by atoms with Crippen LogP contribution in [0, 0.1) is 6.92 Å². The SMILES string of the molecule is Cc1ccc2c(COC(=O)c3ccc4c(c3)CCCC4)cc(=O)oc2c1. The molecule has 1 aliphatic rings. The quantitative estimate of drug-likeness (QED) is 0.522. The van der Waals surface area contributed by atoms with Crippen LogP contribution in [0.15, 0.2) is 51.7 Å². The second-order valence-electron chi connectivity index (χ2n) is 6.86. The Balaban J connectivity index is 1.56. The monoisotopic (exact) mass is 348 g/mol. The van der Waals surface area contributed by atoms with Crippen molar-refractivity contribution < 1.29 is 13.9 Å². The van der Waals surface area contributed by atoms with Gasteiger partial charge in [-0.05, 0) is 67.5 Å². The van der Waals surface area contributed by atoms with E-state index in [4.69, 9.17) is 9.15 Å². The molecule has 1 heterocycles. The molecule has 0 saturated carbocycles. The standard InChI is InChI=1S/C22H20O4/c1-14-6-9-19-18(12-21(23)26-20(19)10-14)13-25-22(24)17-8-7-15-4-2-3-5-16(15)11-17/h6-12H,2-5,13H2,1H3. The maximum Gasteiger partial charge on any atom is 0.338 e. The Hall–Kier alpha value is -2.88. The van der Waals surface area contributed by atoms with Gasteiger partial charge in [0.1, 0.15) is 12.2 Å². The molecule has 0 amide bonds. The van der Waals surface area contributed by atoms with Gasteiger partial charge in [0.2, 0.25) is 0 Å². The Morgan fingerprint density at radius 1 is 1.04 bits per heavy atom. The van der Waals surface area contributed by atoms with Crippen molar-refractivity contribution in [1.82, 2.24) is 0 Å². The number of hydrogen-bond acceptors (Lipinski definition) is 4. The zero-order chi connectivity index (χ0) is 18.1. The van der Waals surface area contributed by atoms with E-state index in [1.54, 1.807) is 0 Å². The lowest BCUT2D eigenvalue weighted by molar-refractivity contribution is 0.0473. The van der Waals surface area contributed by atoms with Gasteiger partial charge in [-0.25, -0.2) is 9.59 Å². The molecule has 0 saturated heterocycles. The van der Waals surface area contributed by atoms with E-state index in [1.807, 2.05) is 43.3 Å². The average molecular weight is 348 g/mol. The van der Waals surface area contributed by atoms with Crippen LogP contribution in [0.3, 0.4) is 0 Å². The summed E-state index contributed by atoms with van der Waals surface area (Å²) in [6, 6.07) is 12.8. The Labute approximate surface area is 151 Å². The maximum atomic E-state index is 12.5. The Bertz CT molecular complexity index is 1050. The minimum absolute atomic E-state index is 0.0427. The number of aryl methyl sites for hydroxylation is 3. The predicted octanol–water partition coefficient (Wildman–Crippen LogP) is 4.34. The van der Waals surface area contributed by atoms with E-state index in [1.165, 1.54) is 23.6 Å². The number of benzene rings is 2. The molecule has 0 spiro atoms. The van der Waals surface area contributed by atoms with Gasteiger partial charge in [0.25, 0.3) is 0 Å². The predicted molar refractivity (Wildman–Crippen MR) is 99.4 cm³/mol. The van der Waals surface area contributed by atoms with Crippen molar-refractivity contribution in [3.05, 3.63) is 80.7 Å². The summed E-state index contributed by atoms with van der Waals surface area (Å²) < 4.78 is 10.7. The highest BCUT2D eigenvalue weighted by Gasteiger charge is 2.15. The Morgan fingerprint density at radius 3 is 2.69 bits per heavy atom. The Morgan fingerprint density at radius 2 is 1.85 bits per heavy atom. The van der Waals surface area contributed by atoms with Crippen molar-refractivity contribution in [3.63, 3.8) is 0 Å². The summed E-state index contributed by atoms with van der Waals surface area (Å²) >= 11 is 0. The van der Waals surface area contributed by atoms with Gasteiger partial charge in [0.15, 0.2) is 0 Å². The third kappa shape index (κ3) is 3.27. The van der Waals surface area contributed by atoms with Crippen LogP contribution < -0.4 is 5.63 Å². The zero-order valence-electron chi connectivity index (χ0n) is 14.7. The number of carbonyl (C=O) groups is 1. The van der Waals surface area contributed by atoms with Crippen LogP contribution in [0.4, 0.5) is 0 Å². The summed E-state index contributed by atoms with van der Waals surface area (Å²) in [7, 11) is 0. The van der Waals surface area contributed by atoms with Crippen molar-refractivity contribution in [3.8, 4) is 0 Å². The summed E-state index contributed by atoms with van der Waals surface area (Å²) in [5, 5.41) is 0.786. The van der Waals surface area contributed by atoms with E-state index in [9.17, 15) is 9.59 Å². The molecule has 0 radical (unpaired) electrons. The smallest absolute Gasteiger partial charge is 0.338 e. The molecule has 0 fully saturated rings. The highest BCUT2D eigenvalue weighted by atomic mass is 16.5. The average Bonchev–Trinajstić information content (AvgIpc) is 2.65. The summed E-state index contributed by atoms with van der Waals surface area (Å²) in [6.45, 7) is 1.98. The number of esters is 1. The van der Waals surface area contributed by atoms with E-state index >= 15 is 0 Å². The molecule has 1 aromatic heterocycles. The van der Waals surface area contributed by atoms with E-state index in [0.717, 1.165) is 30.2 Å². The number of hydrogen-bond donors (Lipinski definition) is 0. The largest absolute Gasteiger partial charge is 0.457 e. The molecule has 0 N–H and O–H groups in total. The van der Waals surface area contributed by atoms with Gasteiger partial charge in [0, 0.05) is 17.0 Å². The van der Waals surface area contributed by atoms with Crippen LogP contribution in [0.5, 0.6) is 0 Å². The van der Waals surface area contributed by atoms with Crippen LogP contribution in [0.25, 0.3) is 11.0 Å². The molecule has 4 nitrogen and oxygen atoms in total. The van der Waals surface area contributed by atoms with Gasteiger partial charge >= 0.3 is 11.6 Å². The molecule has 26 heavy (non-hydrogen) atoms. The summed E-state index contributed by atoms with van der Waals surface area (Å²) in [5.74, 6) is -0.369. The number of ether oxygens (including phenoxy) is 1. The van der Waals surface area contributed by atoms with Crippen molar-refractivity contribution >= 4 is 16.9 Å². The minimum Gasteiger partial charge on any atom is -0.457 e. The molecule has 2 aromatic carbocycles. The highest BCUT2D eigenvalue weighted by Crippen LogP contribution is 2.23. The maximum absolute atomic E-state index is 12.5. The van der Waals surface area contributed by atoms with Crippen LogP contribution in [-0.4, -0.2) is 5.97 Å². The first-order valence-electron chi connectivity index (χ1n) is 8.92. The van der Waals surface area contributed by atoms with Crippen molar-refractivity contribution in [2.75, 3.05) is 0 Å². The molecule has 0 bridgehead atoms. The minimum atomic E-state index is -0.442. The molecule has 4 rings (SSSR count). The van der Waals surface area contributed by atoms with Crippen LogP contribution >= 0.6 is 0 Å². The lowest BCUT2D eigenvalue weighted by atomic mass is 9.90. The number of rotatable bonds is 3. The van der Waals surface area contributed by atoms with E-state index < -0.39 is 5.63 Å². The van der Waals surface area contributed by atoms with Crippen LogP contribution in [0.1, 0.15) is 45.5 Å². The number of carbonyl (C=O) groups excluding carboxylic acids is 1. The van der Waals surface area contributed by atoms with Gasteiger partial charge in [-0.2, -0.15) is 0 Å². The summed E-state index contributed by atoms with van der Waals surface area (Å²) in [6.07, 6.45) is 4.46. The van der Waals surface area contributed by atoms with E-state index in [0.29, 0.717) is 16.7 Å². The molecule has 3 aromatic rings. The third-order valence-corrected chi connectivity index (χ3v) is 4.93. The lowest BCUT2D eigenvalue weighted by Gasteiger charge is -2.16. The van der Waals surface area contributed by atoms with Crippen molar-refractivity contribution in [1.29, 1.82) is 0 Å². The first-order valence-corrected chi connectivity index (χ1v) is 8.92. The van der Waals surface area contributed by atoms with Gasteiger partial charge in [-0.1, -0.05) is 18.2 Å². The first kappa shape index (κ1) is 16.6. The normalized spacial score (nSPS) is 13.4. The first-order chi connectivity index (χ1) is 12.6. The molecule has 0 unspecified atom stereocenters. The second kappa shape index (κ2) is 6.79. The fourth-order valence-electron chi connectivity index (χ4n) is 3.54. The van der Waals surface area contributed by atoms with Crippen LogP contribution in [0.2, 0.25) is 0 Å². The Kier molecular flexibility index (Phi) is 4.33. The van der Waals surface area contributed by atoms with Crippen molar-refractivity contribution in [2.24, 2.45) is 0 Å². The summed E-state index contributed by atoms with van der Waals surface area (Å²) in [5.41, 5.74) is 4.86. The van der Waals surface area contributed by atoms with Crippen LogP contribution in [-0.2, 0) is 24.2 Å². The summed E-state index contributed by atoms with van der Waals surface area (Å²) in [4.78, 5) is 24.2. The molecule has 0 aliphatic heterocycles. The van der Waals surface area contributed by atoms with Gasteiger partial charge in [-0.3, -0.25) is 0 Å². The van der Waals surface area contributed by atoms with E-state index in [-0.39, 0.29) is 12.6 Å². The lowest BCUT2D eigenvalue weighted by Crippen LogP contribution is -2.10. The van der Waals surface area contributed by atoms with Gasteiger partial charge in [-0.15, -0.1) is 0 Å². The van der Waals surface area contributed by atoms with Gasteiger partial charge < -0.3 is 9.15 Å². The number of fused-ring (bicyclic) bond motifs is 2. The molecule has 4 heteroatoms. The second-order valence-corrected chi connectivity index (χ2v) is 6.86. The fourth-order valence-corrected chi connectivity index (χ4v) is 3.54. The van der Waals surface area contributed by atoms with Crippen molar-refractivity contribution in [2.45, 2.75) is 39.2 Å². The van der Waals surface area contributed by atoms with E-state index in [2.05, 4.69) is 0 Å². The molecule has 1 aliphatic carbocycles. The topological polar surface area (TPSA) is 56.5 Å². The van der Waals surface area contributed by atoms with Gasteiger partial charge in [0.05, 0.1) is 5.56 Å². The molecule has 0 atom stereocenters. The molecule has 132 valence electrons. The third-order valence-electron chi connectivity index (χ3n) is 4.93. The molecular formula is C22H20O4. The zero-order valence-corrected chi connectivity index (χ0v) is 14.7. The fraction of sp³-hybridized carbons (Fsp3) is 0.273.